The Bertz CT molecular complexity index is 313. The summed E-state index contributed by atoms with van der Waals surface area (Å²) in [6, 6.07) is 0.822. The number of hydrogen-bond donors (Lipinski definition) is 0. The lowest BCUT2D eigenvalue weighted by molar-refractivity contribution is -0.160. The quantitative estimate of drug-likeness (QED) is 0.718. The van der Waals surface area contributed by atoms with Crippen LogP contribution in [0.25, 0.3) is 0 Å². The molecule has 2 fully saturated rings. The molecule has 1 heterocycles. The van der Waals surface area contributed by atoms with Crippen molar-refractivity contribution in [2.75, 3.05) is 19.8 Å². The van der Waals surface area contributed by atoms with Crippen molar-refractivity contribution in [3.8, 4) is 0 Å². The molecule has 19 heavy (non-hydrogen) atoms. The van der Waals surface area contributed by atoms with Gasteiger partial charge in [-0.15, -0.1) is 0 Å². The molecule has 1 aliphatic carbocycles. The predicted octanol–water partition coefficient (Wildman–Crippen LogP) is 2.36. The largest absolute Gasteiger partial charge is 0.465 e. The summed E-state index contributed by atoms with van der Waals surface area (Å²) in [4.78, 5) is 14.0. The van der Waals surface area contributed by atoms with E-state index in [2.05, 4.69) is 18.7 Å². The molecule has 0 bridgehead atoms. The number of nitrogens with zero attached hydrogens (tertiary/aromatic N) is 1. The fourth-order valence-corrected chi connectivity index (χ4v) is 3.29. The third-order valence-electron chi connectivity index (χ3n) is 4.48. The summed E-state index contributed by atoms with van der Waals surface area (Å²) < 4.78 is 11.1. The van der Waals surface area contributed by atoms with Crippen molar-refractivity contribution in [2.24, 2.45) is 0 Å². The van der Waals surface area contributed by atoms with Crippen molar-refractivity contribution in [2.45, 2.75) is 70.6 Å². The molecular formula is C15H27NO3. The molecule has 0 aromatic carbocycles. The lowest BCUT2D eigenvalue weighted by atomic mass is 9.73. The minimum Gasteiger partial charge on any atom is -0.465 e. The average Bonchev–Trinajstić information content (AvgIpc) is 2.34. The summed E-state index contributed by atoms with van der Waals surface area (Å²) in [5, 5.41) is 0. The number of carbonyl (C=O) groups excluding carboxylic acids is 1. The number of rotatable bonds is 5. The van der Waals surface area contributed by atoms with Crippen LogP contribution >= 0.6 is 0 Å². The standard InChI is InChI=1S/C15H27NO3/c1-4-18-14(17)11-16(12(2)3)13-6-9-19-15(10-13)7-5-8-15/h12-13H,4-11H2,1-3H3. The van der Waals surface area contributed by atoms with Gasteiger partial charge in [0.25, 0.3) is 0 Å². The van der Waals surface area contributed by atoms with Gasteiger partial charge in [0.05, 0.1) is 18.8 Å². The summed E-state index contributed by atoms with van der Waals surface area (Å²) >= 11 is 0. The fraction of sp³-hybridized carbons (Fsp3) is 0.933. The van der Waals surface area contributed by atoms with Crippen LogP contribution in [0.2, 0.25) is 0 Å². The van der Waals surface area contributed by atoms with Crippen molar-refractivity contribution < 1.29 is 14.3 Å². The topological polar surface area (TPSA) is 38.8 Å². The van der Waals surface area contributed by atoms with Crippen LogP contribution in [0.4, 0.5) is 0 Å². The third-order valence-corrected chi connectivity index (χ3v) is 4.48. The molecule has 0 radical (unpaired) electrons. The highest BCUT2D eigenvalue weighted by molar-refractivity contribution is 5.71. The van der Waals surface area contributed by atoms with Gasteiger partial charge >= 0.3 is 5.97 Å². The van der Waals surface area contributed by atoms with E-state index in [0.29, 0.717) is 25.2 Å². The Morgan fingerprint density at radius 3 is 2.74 bits per heavy atom. The second kappa shape index (κ2) is 6.23. The van der Waals surface area contributed by atoms with Crippen molar-refractivity contribution in [1.82, 2.24) is 4.90 Å². The van der Waals surface area contributed by atoms with Crippen molar-refractivity contribution in [3.63, 3.8) is 0 Å². The zero-order valence-corrected chi connectivity index (χ0v) is 12.5. The molecule has 1 unspecified atom stereocenters. The average molecular weight is 269 g/mol. The van der Waals surface area contributed by atoms with Crippen LogP contribution in [0.5, 0.6) is 0 Å². The Kier molecular flexibility index (Phi) is 4.85. The molecule has 2 rings (SSSR count). The maximum atomic E-state index is 11.8. The van der Waals surface area contributed by atoms with Crippen LogP contribution in [-0.2, 0) is 14.3 Å². The van der Waals surface area contributed by atoms with Gasteiger partial charge in [-0.3, -0.25) is 9.69 Å². The number of carbonyl (C=O) groups is 1. The lowest BCUT2D eigenvalue weighted by Crippen LogP contribution is -2.54. The maximum Gasteiger partial charge on any atom is 0.320 e. The van der Waals surface area contributed by atoms with E-state index < -0.39 is 0 Å². The molecule has 1 atom stereocenters. The van der Waals surface area contributed by atoms with Gasteiger partial charge in [0.15, 0.2) is 0 Å². The molecule has 0 amide bonds. The number of ether oxygens (including phenoxy) is 2. The zero-order valence-electron chi connectivity index (χ0n) is 12.5. The monoisotopic (exact) mass is 269 g/mol. The van der Waals surface area contributed by atoms with E-state index in [0.717, 1.165) is 19.4 Å². The van der Waals surface area contributed by atoms with Crippen LogP contribution in [0.3, 0.4) is 0 Å². The van der Waals surface area contributed by atoms with E-state index in [1.165, 1.54) is 19.3 Å². The van der Waals surface area contributed by atoms with Crippen LogP contribution in [0.15, 0.2) is 0 Å². The summed E-state index contributed by atoms with van der Waals surface area (Å²) in [7, 11) is 0. The first-order valence-electron chi connectivity index (χ1n) is 7.61. The van der Waals surface area contributed by atoms with Crippen LogP contribution < -0.4 is 0 Å². The van der Waals surface area contributed by atoms with Crippen molar-refractivity contribution in [1.29, 1.82) is 0 Å². The van der Waals surface area contributed by atoms with Gasteiger partial charge in [-0.25, -0.2) is 0 Å². The summed E-state index contributed by atoms with van der Waals surface area (Å²) in [5.41, 5.74) is 0.130. The van der Waals surface area contributed by atoms with Gasteiger partial charge in [0.2, 0.25) is 0 Å². The summed E-state index contributed by atoms with van der Waals surface area (Å²) in [6.45, 7) is 7.87. The zero-order chi connectivity index (χ0) is 13.9. The SMILES string of the molecule is CCOC(=O)CN(C(C)C)C1CCOC2(CCC2)C1. The van der Waals surface area contributed by atoms with Gasteiger partial charge in [-0.2, -0.15) is 0 Å². The molecule has 1 spiro atoms. The van der Waals surface area contributed by atoms with Crippen LogP contribution in [0, 0.1) is 0 Å². The van der Waals surface area contributed by atoms with Gasteiger partial charge in [-0.05, 0) is 52.9 Å². The molecule has 4 heteroatoms. The van der Waals surface area contributed by atoms with Crippen LogP contribution in [-0.4, -0.2) is 48.3 Å². The normalized spacial score (nSPS) is 25.6. The Labute approximate surface area is 116 Å². The molecule has 0 aromatic heterocycles. The molecule has 0 N–H and O–H groups in total. The molecule has 110 valence electrons. The fourth-order valence-electron chi connectivity index (χ4n) is 3.29. The van der Waals surface area contributed by atoms with Crippen LogP contribution in [0.1, 0.15) is 52.9 Å². The third kappa shape index (κ3) is 3.48. The van der Waals surface area contributed by atoms with E-state index in [1.807, 2.05) is 6.92 Å². The maximum absolute atomic E-state index is 11.8. The minimum atomic E-state index is -0.106. The van der Waals surface area contributed by atoms with E-state index >= 15 is 0 Å². The Morgan fingerprint density at radius 1 is 1.47 bits per heavy atom. The van der Waals surface area contributed by atoms with E-state index in [4.69, 9.17) is 9.47 Å². The van der Waals surface area contributed by atoms with E-state index in [9.17, 15) is 4.79 Å². The Hall–Kier alpha value is -0.610. The van der Waals surface area contributed by atoms with Gasteiger partial charge in [-0.1, -0.05) is 0 Å². The Balaban J connectivity index is 1.96. The first-order valence-corrected chi connectivity index (χ1v) is 7.61. The lowest BCUT2D eigenvalue weighted by Gasteiger charge is -2.50. The minimum absolute atomic E-state index is 0.106. The first kappa shape index (κ1) is 14.8. The molecule has 0 aromatic rings. The molecule has 1 aliphatic heterocycles. The molecule has 1 saturated heterocycles. The number of hydrogen-bond acceptors (Lipinski definition) is 4. The molecule has 2 aliphatic rings. The molecule has 4 nitrogen and oxygen atoms in total. The highest BCUT2D eigenvalue weighted by Crippen LogP contribution is 2.43. The predicted molar refractivity (Wildman–Crippen MR) is 74.0 cm³/mol. The van der Waals surface area contributed by atoms with E-state index in [-0.39, 0.29) is 11.6 Å². The second-order valence-electron chi connectivity index (χ2n) is 6.10. The van der Waals surface area contributed by atoms with Gasteiger partial charge < -0.3 is 9.47 Å². The number of esters is 1. The van der Waals surface area contributed by atoms with Gasteiger partial charge in [0, 0.05) is 18.7 Å². The van der Waals surface area contributed by atoms with Crippen molar-refractivity contribution >= 4 is 5.97 Å². The van der Waals surface area contributed by atoms with Crippen molar-refractivity contribution in [3.05, 3.63) is 0 Å². The molecule has 1 saturated carbocycles. The van der Waals surface area contributed by atoms with E-state index in [1.54, 1.807) is 0 Å². The second-order valence-corrected chi connectivity index (χ2v) is 6.10. The summed E-state index contributed by atoms with van der Waals surface area (Å²) in [5.74, 6) is -0.106. The smallest absolute Gasteiger partial charge is 0.320 e. The highest BCUT2D eigenvalue weighted by atomic mass is 16.5. The highest BCUT2D eigenvalue weighted by Gasteiger charge is 2.44. The Morgan fingerprint density at radius 2 is 2.21 bits per heavy atom. The summed E-state index contributed by atoms with van der Waals surface area (Å²) in [6.07, 6.45) is 5.76. The first-order chi connectivity index (χ1) is 9.06. The van der Waals surface area contributed by atoms with Gasteiger partial charge in [0.1, 0.15) is 0 Å². The molecular weight excluding hydrogens is 242 g/mol.